The highest BCUT2D eigenvalue weighted by Gasteiger charge is 2.05. The Balaban J connectivity index is 2.58. The third kappa shape index (κ3) is 1.75. The van der Waals surface area contributed by atoms with E-state index in [1.54, 1.807) is 0 Å². The summed E-state index contributed by atoms with van der Waals surface area (Å²) in [5, 5.41) is 9.80. The van der Waals surface area contributed by atoms with Crippen LogP contribution >= 0.6 is 0 Å². The number of anilines is 1. The molecule has 1 aromatic heterocycles. The maximum absolute atomic E-state index is 8.79. The lowest BCUT2D eigenvalue weighted by atomic mass is 10.1. The Labute approximate surface area is 88.2 Å². The van der Waals surface area contributed by atoms with Crippen LogP contribution in [0.5, 0.6) is 0 Å². The number of fused-ring (bicyclic) bond motifs is 1. The molecule has 0 spiro atoms. The molecule has 1 atom stereocenters. The third-order valence-electron chi connectivity index (χ3n) is 2.37. The predicted molar refractivity (Wildman–Crippen MR) is 60.2 cm³/mol. The summed E-state index contributed by atoms with van der Waals surface area (Å²) in [7, 11) is 0. The predicted octanol–water partition coefficient (Wildman–Crippen LogP) is 2.44. The molecule has 0 amide bonds. The number of rotatable bonds is 1. The number of hydrogen-bond acceptors (Lipinski definition) is 3. The van der Waals surface area contributed by atoms with Gasteiger partial charge in [0.05, 0.1) is 23.2 Å². The second-order valence-electron chi connectivity index (χ2n) is 3.54. The molecule has 0 aliphatic rings. The summed E-state index contributed by atoms with van der Waals surface area (Å²) in [5.74, 6) is -0.174. The Morgan fingerprint density at radius 2 is 2.13 bits per heavy atom. The topological polar surface area (TPSA) is 62.7 Å². The second kappa shape index (κ2) is 3.58. The van der Waals surface area contributed by atoms with Gasteiger partial charge in [0.2, 0.25) is 0 Å². The summed E-state index contributed by atoms with van der Waals surface area (Å²) < 4.78 is 0. The van der Waals surface area contributed by atoms with Crippen molar-refractivity contribution in [2.24, 2.45) is 0 Å². The molecule has 0 aliphatic carbocycles. The van der Waals surface area contributed by atoms with E-state index >= 15 is 0 Å². The lowest BCUT2D eigenvalue weighted by Crippen LogP contribution is -1.94. The minimum Gasteiger partial charge on any atom is -0.399 e. The van der Waals surface area contributed by atoms with Gasteiger partial charge in [-0.3, -0.25) is 4.98 Å². The number of aromatic nitrogens is 1. The van der Waals surface area contributed by atoms with Gasteiger partial charge in [-0.2, -0.15) is 5.26 Å². The Morgan fingerprint density at radius 3 is 2.87 bits per heavy atom. The summed E-state index contributed by atoms with van der Waals surface area (Å²) >= 11 is 0. The average Bonchev–Trinajstić information content (AvgIpc) is 2.27. The van der Waals surface area contributed by atoms with Crippen LogP contribution < -0.4 is 5.73 Å². The molecule has 0 fully saturated rings. The fourth-order valence-corrected chi connectivity index (χ4v) is 1.47. The quantitative estimate of drug-likeness (QED) is 0.714. The van der Waals surface area contributed by atoms with Gasteiger partial charge in [0, 0.05) is 11.1 Å². The van der Waals surface area contributed by atoms with Gasteiger partial charge in [-0.25, -0.2) is 0 Å². The first-order valence-electron chi connectivity index (χ1n) is 4.76. The van der Waals surface area contributed by atoms with Crippen LogP contribution in [0, 0.1) is 11.3 Å². The minimum absolute atomic E-state index is 0.174. The maximum Gasteiger partial charge on any atom is 0.0856 e. The van der Waals surface area contributed by atoms with Crippen LogP contribution in [0.15, 0.2) is 30.3 Å². The van der Waals surface area contributed by atoms with Crippen molar-refractivity contribution in [1.29, 1.82) is 5.26 Å². The molecular weight excluding hydrogens is 186 g/mol. The second-order valence-corrected chi connectivity index (χ2v) is 3.54. The molecule has 0 saturated heterocycles. The lowest BCUT2D eigenvalue weighted by molar-refractivity contribution is 0.931. The fraction of sp³-hybridized carbons (Fsp3) is 0.167. The molecule has 1 unspecified atom stereocenters. The molecule has 1 heterocycles. The van der Waals surface area contributed by atoms with Gasteiger partial charge in [-0.15, -0.1) is 0 Å². The standard InChI is InChI=1S/C12H11N3/c1-8(7-13)11-4-2-9-6-10(14)3-5-12(9)15-11/h2-6,8H,14H2,1H3. The van der Waals surface area contributed by atoms with E-state index in [-0.39, 0.29) is 5.92 Å². The van der Waals surface area contributed by atoms with Gasteiger partial charge in [-0.1, -0.05) is 6.07 Å². The Kier molecular flexibility index (Phi) is 2.26. The van der Waals surface area contributed by atoms with Crippen LogP contribution in [0.3, 0.4) is 0 Å². The highest BCUT2D eigenvalue weighted by Crippen LogP contribution is 2.19. The average molecular weight is 197 g/mol. The molecule has 0 bridgehead atoms. The smallest absolute Gasteiger partial charge is 0.0856 e. The molecule has 2 N–H and O–H groups in total. The van der Waals surface area contributed by atoms with Crippen molar-refractivity contribution in [2.75, 3.05) is 5.73 Å². The van der Waals surface area contributed by atoms with E-state index in [1.165, 1.54) is 0 Å². The summed E-state index contributed by atoms with van der Waals surface area (Å²) in [6.45, 7) is 1.84. The highest BCUT2D eigenvalue weighted by molar-refractivity contribution is 5.82. The van der Waals surface area contributed by atoms with E-state index in [9.17, 15) is 0 Å². The van der Waals surface area contributed by atoms with Gasteiger partial charge in [0.25, 0.3) is 0 Å². The molecule has 2 aromatic rings. The van der Waals surface area contributed by atoms with E-state index in [2.05, 4.69) is 11.1 Å². The van der Waals surface area contributed by atoms with Crippen LogP contribution in [-0.2, 0) is 0 Å². The zero-order valence-electron chi connectivity index (χ0n) is 8.44. The normalized spacial score (nSPS) is 12.3. The van der Waals surface area contributed by atoms with Crippen LogP contribution in [0.4, 0.5) is 5.69 Å². The van der Waals surface area contributed by atoms with E-state index in [4.69, 9.17) is 11.0 Å². The van der Waals surface area contributed by atoms with Crippen molar-refractivity contribution in [3.8, 4) is 6.07 Å². The van der Waals surface area contributed by atoms with Crippen LogP contribution in [0.2, 0.25) is 0 Å². The summed E-state index contributed by atoms with van der Waals surface area (Å²) in [5.41, 5.74) is 8.07. The van der Waals surface area contributed by atoms with E-state index < -0.39 is 0 Å². The number of pyridine rings is 1. The lowest BCUT2D eigenvalue weighted by Gasteiger charge is -2.04. The van der Waals surface area contributed by atoms with Gasteiger partial charge in [0.15, 0.2) is 0 Å². The number of benzene rings is 1. The molecule has 3 heteroatoms. The third-order valence-corrected chi connectivity index (χ3v) is 2.37. The van der Waals surface area contributed by atoms with Crippen molar-refractivity contribution in [2.45, 2.75) is 12.8 Å². The molecule has 0 aliphatic heterocycles. The summed E-state index contributed by atoms with van der Waals surface area (Å²) in [6, 6.07) is 11.6. The first-order valence-corrected chi connectivity index (χ1v) is 4.76. The number of hydrogen-bond donors (Lipinski definition) is 1. The first-order chi connectivity index (χ1) is 7.20. The molecular formula is C12H11N3. The molecule has 2 rings (SSSR count). The number of nitriles is 1. The van der Waals surface area contributed by atoms with E-state index in [1.807, 2.05) is 37.3 Å². The van der Waals surface area contributed by atoms with E-state index in [0.717, 1.165) is 22.3 Å². The molecule has 74 valence electrons. The Bertz CT molecular complexity index is 540. The molecule has 1 aromatic carbocycles. The molecule has 0 radical (unpaired) electrons. The minimum atomic E-state index is -0.174. The zero-order valence-corrected chi connectivity index (χ0v) is 8.44. The fourth-order valence-electron chi connectivity index (χ4n) is 1.47. The molecule has 15 heavy (non-hydrogen) atoms. The number of nitrogen functional groups attached to an aromatic ring is 1. The number of nitrogens with zero attached hydrogens (tertiary/aromatic N) is 2. The highest BCUT2D eigenvalue weighted by atomic mass is 14.7. The zero-order chi connectivity index (χ0) is 10.8. The number of nitrogens with two attached hydrogens (primary N) is 1. The van der Waals surface area contributed by atoms with Gasteiger partial charge < -0.3 is 5.73 Å². The van der Waals surface area contributed by atoms with Crippen molar-refractivity contribution < 1.29 is 0 Å². The molecule has 0 saturated carbocycles. The van der Waals surface area contributed by atoms with Gasteiger partial charge >= 0.3 is 0 Å². The SMILES string of the molecule is CC(C#N)c1ccc2cc(N)ccc2n1. The van der Waals surface area contributed by atoms with Gasteiger partial charge in [-0.05, 0) is 31.2 Å². The first kappa shape index (κ1) is 9.47. The summed E-state index contributed by atoms with van der Waals surface area (Å²) in [4.78, 5) is 4.41. The summed E-state index contributed by atoms with van der Waals surface area (Å²) in [6.07, 6.45) is 0. The Hall–Kier alpha value is -2.08. The van der Waals surface area contributed by atoms with Crippen molar-refractivity contribution in [3.05, 3.63) is 36.0 Å². The van der Waals surface area contributed by atoms with Crippen LogP contribution in [0.25, 0.3) is 10.9 Å². The van der Waals surface area contributed by atoms with Crippen molar-refractivity contribution >= 4 is 16.6 Å². The van der Waals surface area contributed by atoms with Crippen LogP contribution in [-0.4, -0.2) is 4.98 Å². The van der Waals surface area contributed by atoms with Gasteiger partial charge in [0.1, 0.15) is 0 Å². The molecule has 3 nitrogen and oxygen atoms in total. The van der Waals surface area contributed by atoms with Crippen molar-refractivity contribution in [3.63, 3.8) is 0 Å². The maximum atomic E-state index is 8.79. The Morgan fingerprint density at radius 1 is 1.33 bits per heavy atom. The monoisotopic (exact) mass is 197 g/mol. The van der Waals surface area contributed by atoms with E-state index in [0.29, 0.717) is 0 Å². The van der Waals surface area contributed by atoms with Crippen LogP contribution in [0.1, 0.15) is 18.5 Å². The van der Waals surface area contributed by atoms with Crippen molar-refractivity contribution in [1.82, 2.24) is 4.98 Å². The largest absolute Gasteiger partial charge is 0.399 e.